The molecule has 0 amide bonds. The number of unbranched alkanes of at least 4 members (excludes halogenated alkanes) is 2. The van der Waals surface area contributed by atoms with E-state index in [1.807, 2.05) is 0 Å². The highest BCUT2D eigenvalue weighted by Gasteiger charge is 2.29. The van der Waals surface area contributed by atoms with Crippen LogP contribution in [0.25, 0.3) is 0 Å². The van der Waals surface area contributed by atoms with Gasteiger partial charge in [0.25, 0.3) is 0 Å². The molecule has 0 bridgehead atoms. The number of aliphatic imine (C=N–C) groups is 1. The summed E-state index contributed by atoms with van der Waals surface area (Å²) in [6.45, 7) is 22.2. The van der Waals surface area contributed by atoms with Gasteiger partial charge in [0.05, 0.1) is 11.4 Å². The Balaban J connectivity index is 1.62. The molecule has 4 rings (SSSR count). The lowest BCUT2D eigenvalue weighted by molar-refractivity contribution is 0.218. The van der Waals surface area contributed by atoms with Crippen molar-refractivity contribution in [2.45, 2.75) is 112 Å². The molecule has 4 nitrogen and oxygen atoms in total. The largest absolute Gasteiger partial charge is 0.367 e. The molecule has 3 aliphatic heterocycles. The smallest absolute Gasteiger partial charge is 0.137 e. The summed E-state index contributed by atoms with van der Waals surface area (Å²) in [5.74, 6) is 1.70. The molecule has 1 N–H and O–H groups in total. The van der Waals surface area contributed by atoms with Crippen molar-refractivity contribution in [1.82, 2.24) is 15.1 Å². The maximum absolute atomic E-state index is 5.26. The average molecular weight is 555 g/mol. The van der Waals surface area contributed by atoms with E-state index in [1.165, 1.54) is 59.4 Å². The van der Waals surface area contributed by atoms with Crippen LogP contribution in [-0.4, -0.2) is 40.8 Å². The van der Waals surface area contributed by atoms with Crippen molar-refractivity contribution >= 4 is 5.84 Å². The second-order valence-electron chi connectivity index (χ2n) is 12.6. The van der Waals surface area contributed by atoms with E-state index in [-0.39, 0.29) is 0 Å². The second kappa shape index (κ2) is 14.4. The molecule has 41 heavy (non-hydrogen) atoms. The zero-order chi connectivity index (χ0) is 29.5. The quantitative estimate of drug-likeness (QED) is 0.157. The molecule has 1 aliphatic carbocycles. The van der Waals surface area contributed by atoms with Crippen LogP contribution >= 0.6 is 0 Å². The van der Waals surface area contributed by atoms with Crippen LogP contribution in [0.1, 0.15) is 99.8 Å². The molecule has 0 spiro atoms. The first-order chi connectivity index (χ1) is 19.7. The lowest BCUT2D eigenvalue weighted by Gasteiger charge is -2.41. The highest BCUT2D eigenvalue weighted by atomic mass is 15.3. The average Bonchev–Trinajstić information content (AvgIpc) is 2.93. The van der Waals surface area contributed by atoms with Crippen molar-refractivity contribution in [3.05, 3.63) is 94.2 Å². The summed E-state index contributed by atoms with van der Waals surface area (Å²) in [5.41, 5.74) is 10.4. The summed E-state index contributed by atoms with van der Waals surface area (Å²) in [4.78, 5) is 10.1. The first-order valence-corrected chi connectivity index (χ1v) is 16.2. The number of rotatable bonds is 11. The van der Waals surface area contributed by atoms with E-state index in [4.69, 9.17) is 4.99 Å². The van der Waals surface area contributed by atoms with Crippen LogP contribution in [0.5, 0.6) is 0 Å². The van der Waals surface area contributed by atoms with Crippen molar-refractivity contribution in [2.24, 2.45) is 10.9 Å². The van der Waals surface area contributed by atoms with Gasteiger partial charge in [-0.1, -0.05) is 50.6 Å². The molecule has 0 aromatic rings. The summed E-state index contributed by atoms with van der Waals surface area (Å²) in [7, 11) is 0. The molecular formula is C37H54N4. The van der Waals surface area contributed by atoms with Gasteiger partial charge < -0.3 is 10.2 Å². The Morgan fingerprint density at radius 3 is 2.44 bits per heavy atom. The van der Waals surface area contributed by atoms with Gasteiger partial charge in [0.2, 0.25) is 0 Å². The number of allylic oxidation sites excluding steroid dienone is 9. The Morgan fingerprint density at radius 2 is 1.80 bits per heavy atom. The molecule has 0 aromatic heterocycles. The van der Waals surface area contributed by atoms with Gasteiger partial charge in [0, 0.05) is 37.1 Å². The molecule has 2 fully saturated rings. The van der Waals surface area contributed by atoms with Crippen molar-refractivity contribution in [3.63, 3.8) is 0 Å². The topological polar surface area (TPSA) is 30.9 Å². The highest BCUT2D eigenvalue weighted by Crippen LogP contribution is 2.37. The molecule has 3 unspecified atom stereocenters. The molecule has 3 heterocycles. The van der Waals surface area contributed by atoms with E-state index < -0.39 is 0 Å². The number of amidine groups is 1. The van der Waals surface area contributed by atoms with Crippen LogP contribution in [0.3, 0.4) is 0 Å². The summed E-state index contributed by atoms with van der Waals surface area (Å²) >= 11 is 0. The number of nitrogens with zero attached hydrogens (tertiary/aromatic N) is 3. The number of hydrogen-bond acceptors (Lipinski definition) is 4. The van der Waals surface area contributed by atoms with Crippen molar-refractivity contribution in [3.8, 4) is 0 Å². The highest BCUT2D eigenvalue weighted by molar-refractivity contribution is 5.99. The lowest BCUT2D eigenvalue weighted by Crippen LogP contribution is -2.53. The van der Waals surface area contributed by atoms with Crippen LogP contribution in [0.4, 0.5) is 0 Å². The summed E-state index contributed by atoms with van der Waals surface area (Å²) < 4.78 is 0. The number of nitrogens with one attached hydrogen (secondary N) is 1. The Morgan fingerprint density at radius 1 is 1.10 bits per heavy atom. The number of fused-ring (bicyclic) bond motifs is 1. The third kappa shape index (κ3) is 7.92. The molecular weight excluding hydrogens is 500 g/mol. The molecule has 222 valence electrons. The lowest BCUT2D eigenvalue weighted by atomic mass is 9.88. The molecule has 4 heteroatoms. The van der Waals surface area contributed by atoms with E-state index in [1.54, 1.807) is 5.57 Å². The SMILES string of the molecule is C=C(CC)/C(C)=C/C(=C\CCC/C=C(/C)C(C)CC)C1=CC(=C2CCC2)N2C=C(N3CC(C)NC(C)C3)C=CC2=N1. The van der Waals surface area contributed by atoms with Crippen molar-refractivity contribution in [1.29, 1.82) is 0 Å². The van der Waals surface area contributed by atoms with Crippen molar-refractivity contribution in [2.75, 3.05) is 13.1 Å². The molecule has 0 radical (unpaired) electrons. The van der Waals surface area contributed by atoms with E-state index in [2.05, 4.69) is 113 Å². The van der Waals surface area contributed by atoms with Gasteiger partial charge in [-0.25, -0.2) is 4.99 Å². The van der Waals surface area contributed by atoms with Gasteiger partial charge in [-0.15, -0.1) is 0 Å². The Labute approximate surface area is 250 Å². The minimum atomic E-state index is 0.482. The standard InChI is InChI=1S/C37H54N4/c1-9-26(3)28(5)15-12-11-13-16-33(21-29(6)27(4)10-2)35-22-36(32-17-14-18-32)41-25-34(19-20-37(41)39-35)40-23-30(7)38-31(8)24-40/h15-16,19-22,25-26,30-31,38H,4,9-14,17-18,23-24H2,1-3,5-8H3/b28-15-,29-21+,33-16+. The zero-order valence-corrected chi connectivity index (χ0v) is 26.9. The Bertz CT molecular complexity index is 1220. The Hall–Kier alpha value is -2.85. The van der Waals surface area contributed by atoms with Gasteiger partial charge in [-0.05, 0) is 126 Å². The molecule has 3 atom stereocenters. The third-order valence-corrected chi connectivity index (χ3v) is 9.20. The number of hydrogen-bond donors (Lipinski definition) is 1. The van der Waals surface area contributed by atoms with Crippen LogP contribution in [-0.2, 0) is 0 Å². The van der Waals surface area contributed by atoms with Crippen LogP contribution < -0.4 is 5.32 Å². The van der Waals surface area contributed by atoms with E-state index in [9.17, 15) is 0 Å². The molecule has 1 saturated carbocycles. The van der Waals surface area contributed by atoms with E-state index in [0.29, 0.717) is 18.0 Å². The first-order valence-electron chi connectivity index (χ1n) is 16.2. The summed E-state index contributed by atoms with van der Waals surface area (Å²) in [6.07, 6.45) is 25.5. The second-order valence-corrected chi connectivity index (χ2v) is 12.6. The first kappa shape index (κ1) is 31.1. The maximum atomic E-state index is 5.26. The molecule has 1 saturated heterocycles. The van der Waals surface area contributed by atoms with Crippen LogP contribution in [0.2, 0.25) is 0 Å². The maximum Gasteiger partial charge on any atom is 0.137 e. The fourth-order valence-electron chi connectivity index (χ4n) is 5.96. The van der Waals surface area contributed by atoms with Gasteiger partial charge in [-0.3, -0.25) is 4.90 Å². The van der Waals surface area contributed by atoms with Gasteiger partial charge in [0.15, 0.2) is 0 Å². The van der Waals surface area contributed by atoms with Crippen LogP contribution in [0.15, 0.2) is 99.2 Å². The monoisotopic (exact) mass is 554 g/mol. The van der Waals surface area contributed by atoms with Crippen LogP contribution in [0, 0.1) is 5.92 Å². The summed E-state index contributed by atoms with van der Waals surface area (Å²) in [6, 6.07) is 0.964. The minimum Gasteiger partial charge on any atom is -0.367 e. The van der Waals surface area contributed by atoms with E-state index in [0.717, 1.165) is 50.3 Å². The van der Waals surface area contributed by atoms with Gasteiger partial charge in [0.1, 0.15) is 5.84 Å². The fraction of sp³-hybridized carbons (Fsp3) is 0.541. The van der Waals surface area contributed by atoms with Gasteiger partial charge in [-0.2, -0.15) is 0 Å². The van der Waals surface area contributed by atoms with Gasteiger partial charge >= 0.3 is 0 Å². The molecule has 4 aliphatic rings. The predicted octanol–water partition coefficient (Wildman–Crippen LogP) is 9.12. The molecule has 0 aromatic carbocycles. The van der Waals surface area contributed by atoms with E-state index >= 15 is 0 Å². The third-order valence-electron chi connectivity index (χ3n) is 9.20. The number of piperazine rings is 1. The minimum absolute atomic E-state index is 0.482. The predicted molar refractivity (Wildman–Crippen MR) is 177 cm³/mol. The normalized spacial score (nSPS) is 24.5. The zero-order valence-electron chi connectivity index (χ0n) is 26.9. The summed E-state index contributed by atoms with van der Waals surface area (Å²) in [5, 5.41) is 3.66. The fourth-order valence-corrected chi connectivity index (χ4v) is 5.96. The Kier molecular flexibility index (Phi) is 10.9. The van der Waals surface area contributed by atoms with Crippen molar-refractivity contribution < 1.29 is 0 Å².